The largest absolute Gasteiger partial charge is 0.398 e. The Morgan fingerprint density at radius 3 is 2.71 bits per heavy atom. The first-order chi connectivity index (χ1) is 6.79. The molecule has 0 heterocycles. The van der Waals surface area contributed by atoms with Crippen LogP contribution in [0, 0.1) is 0 Å². The summed E-state index contributed by atoms with van der Waals surface area (Å²) in [6, 6.07) is 0. The Hall–Kier alpha value is -1.50. The summed E-state index contributed by atoms with van der Waals surface area (Å²) in [4.78, 5) is 0. The van der Waals surface area contributed by atoms with E-state index >= 15 is 0 Å². The SMILES string of the molecule is C=C/C=C\C(=C/C)C1=CCCC=C1N. The van der Waals surface area contributed by atoms with Gasteiger partial charge < -0.3 is 5.73 Å². The number of allylic oxidation sites excluding steroid dienone is 7. The average molecular weight is 187 g/mol. The van der Waals surface area contributed by atoms with Gasteiger partial charge in [0.2, 0.25) is 0 Å². The number of hydrogen-bond donors (Lipinski definition) is 1. The van der Waals surface area contributed by atoms with E-state index in [1.54, 1.807) is 6.08 Å². The Labute approximate surface area is 86.0 Å². The minimum absolute atomic E-state index is 0.887. The zero-order valence-corrected chi connectivity index (χ0v) is 8.66. The quantitative estimate of drug-likeness (QED) is 0.674. The molecule has 14 heavy (non-hydrogen) atoms. The Kier molecular flexibility index (Phi) is 3.99. The maximum atomic E-state index is 5.92. The highest BCUT2D eigenvalue weighted by molar-refractivity contribution is 5.51. The third-order valence-electron chi connectivity index (χ3n) is 2.22. The summed E-state index contributed by atoms with van der Waals surface area (Å²) >= 11 is 0. The van der Waals surface area contributed by atoms with Gasteiger partial charge in [0, 0.05) is 5.70 Å². The van der Waals surface area contributed by atoms with Gasteiger partial charge in [-0.2, -0.15) is 0 Å². The molecule has 1 aliphatic rings. The van der Waals surface area contributed by atoms with Crippen molar-refractivity contribution in [3.8, 4) is 0 Å². The molecule has 1 heteroatoms. The first kappa shape index (κ1) is 10.6. The summed E-state index contributed by atoms with van der Waals surface area (Å²) in [6.45, 7) is 5.67. The summed E-state index contributed by atoms with van der Waals surface area (Å²) in [6.07, 6.45) is 14.2. The molecule has 0 fully saturated rings. The van der Waals surface area contributed by atoms with Gasteiger partial charge in [0.25, 0.3) is 0 Å². The van der Waals surface area contributed by atoms with Crippen LogP contribution in [0.1, 0.15) is 19.8 Å². The Morgan fingerprint density at radius 2 is 2.14 bits per heavy atom. The lowest BCUT2D eigenvalue weighted by Crippen LogP contribution is -2.05. The molecule has 0 saturated carbocycles. The zero-order chi connectivity index (χ0) is 10.4. The highest BCUT2D eigenvalue weighted by Crippen LogP contribution is 2.22. The summed E-state index contributed by atoms with van der Waals surface area (Å²) in [5, 5.41) is 0. The van der Waals surface area contributed by atoms with Crippen molar-refractivity contribution in [3.05, 3.63) is 59.9 Å². The Balaban J connectivity index is 2.90. The van der Waals surface area contributed by atoms with Crippen LogP contribution >= 0.6 is 0 Å². The lowest BCUT2D eigenvalue weighted by molar-refractivity contribution is 0.988. The fraction of sp³-hybridized carbons (Fsp3) is 0.231. The Morgan fingerprint density at radius 1 is 1.43 bits per heavy atom. The van der Waals surface area contributed by atoms with Gasteiger partial charge in [-0.15, -0.1) is 0 Å². The molecule has 0 aromatic rings. The van der Waals surface area contributed by atoms with Crippen molar-refractivity contribution >= 4 is 0 Å². The van der Waals surface area contributed by atoms with E-state index in [1.165, 1.54) is 5.57 Å². The molecular formula is C13H17N. The fourth-order valence-corrected chi connectivity index (χ4v) is 1.49. The zero-order valence-electron chi connectivity index (χ0n) is 8.66. The monoisotopic (exact) mass is 187 g/mol. The van der Waals surface area contributed by atoms with Gasteiger partial charge >= 0.3 is 0 Å². The van der Waals surface area contributed by atoms with E-state index in [9.17, 15) is 0 Å². The first-order valence-electron chi connectivity index (χ1n) is 4.91. The molecule has 0 unspecified atom stereocenters. The van der Waals surface area contributed by atoms with Gasteiger partial charge in [-0.1, -0.05) is 43.0 Å². The molecule has 0 atom stereocenters. The molecule has 0 amide bonds. The third kappa shape index (κ3) is 2.49. The maximum absolute atomic E-state index is 5.92. The van der Waals surface area contributed by atoms with Crippen LogP contribution in [0.3, 0.4) is 0 Å². The van der Waals surface area contributed by atoms with Crippen LogP contribution in [0.4, 0.5) is 0 Å². The van der Waals surface area contributed by atoms with E-state index in [4.69, 9.17) is 5.73 Å². The first-order valence-corrected chi connectivity index (χ1v) is 4.91. The van der Waals surface area contributed by atoms with Crippen LogP contribution in [-0.2, 0) is 0 Å². The molecular weight excluding hydrogens is 170 g/mol. The van der Waals surface area contributed by atoms with E-state index in [1.807, 2.05) is 19.1 Å². The highest BCUT2D eigenvalue weighted by Gasteiger charge is 2.07. The normalized spacial score (nSPS) is 17.9. The summed E-state index contributed by atoms with van der Waals surface area (Å²) in [5.41, 5.74) is 9.12. The second kappa shape index (κ2) is 5.28. The fourth-order valence-electron chi connectivity index (χ4n) is 1.49. The Bertz CT molecular complexity index is 327. The molecule has 1 aliphatic carbocycles. The van der Waals surface area contributed by atoms with E-state index < -0.39 is 0 Å². The molecule has 2 N–H and O–H groups in total. The predicted octanol–water partition coefficient (Wildman–Crippen LogP) is 3.24. The second-order valence-corrected chi connectivity index (χ2v) is 3.19. The second-order valence-electron chi connectivity index (χ2n) is 3.19. The van der Waals surface area contributed by atoms with Crippen molar-refractivity contribution < 1.29 is 0 Å². The van der Waals surface area contributed by atoms with Crippen molar-refractivity contribution in [2.24, 2.45) is 5.73 Å². The molecule has 0 bridgehead atoms. The van der Waals surface area contributed by atoms with Crippen LogP contribution in [-0.4, -0.2) is 0 Å². The topological polar surface area (TPSA) is 26.0 Å². The number of rotatable bonds is 3. The van der Waals surface area contributed by atoms with E-state index in [0.29, 0.717) is 0 Å². The lowest BCUT2D eigenvalue weighted by Gasteiger charge is -2.13. The van der Waals surface area contributed by atoms with Crippen molar-refractivity contribution in [1.29, 1.82) is 0 Å². The molecule has 0 aromatic carbocycles. The van der Waals surface area contributed by atoms with Crippen molar-refractivity contribution in [2.45, 2.75) is 19.8 Å². The van der Waals surface area contributed by atoms with Gasteiger partial charge in [0.1, 0.15) is 0 Å². The summed E-state index contributed by atoms with van der Waals surface area (Å²) in [5.74, 6) is 0. The van der Waals surface area contributed by atoms with Crippen LogP contribution in [0.5, 0.6) is 0 Å². The van der Waals surface area contributed by atoms with Crippen LogP contribution in [0.2, 0.25) is 0 Å². The van der Waals surface area contributed by atoms with Gasteiger partial charge in [-0.05, 0) is 30.9 Å². The summed E-state index contributed by atoms with van der Waals surface area (Å²) in [7, 11) is 0. The van der Waals surface area contributed by atoms with Crippen molar-refractivity contribution in [3.63, 3.8) is 0 Å². The molecule has 0 spiro atoms. The van der Waals surface area contributed by atoms with Gasteiger partial charge in [-0.25, -0.2) is 0 Å². The minimum Gasteiger partial charge on any atom is -0.398 e. The van der Waals surface area contributed by atoms with Crippen LogP contribution in [0.25, 0.3) is 0 Å². The summed E-state index contributed by atoms with van der Waals surface area (Å²) < 4.78 is 0. The smallest absolute Gasteiger partial charge is 0.0349 e. The highest BCUT2D eigenvalue weighted by atomic mass is 14.6. The van der Waals surface area contributed by atoms with E-state index in [-0.39, 0.29) is 0 Å². The van der Waals surface area contributed by atoms with Gasteiger partial charge in [0.15, 0.2) is 0 Å². The molecule has 0 aliphatic heterocycles. The van der Waals surface area contributed by atoms with Gasteiger partial charge in [-0.3, -0.25) is 0 Å². The van der Waals surface area contributed by atoms with Gasteiger partial charge in [0.05, 0.1) is 0 Å². The maximum Gasteiger partial charge on any atom is 0.0349 e. The molecule has 0 saturated heterocycles. The van der Waals surface area contributed by atoms with Crippen molar-refractivity contribution in [1.82, 2.24) is 0 Å². The van der Waals surface area contributed by atoms with E-state index in [0.717, 1.165) is 24.1 Å². The lowest BCUT2D eigenvalue weighted by atomic mass is 9.96. The molecule has 74 valence electrons. The van der Waals surface area contributed by atoms with Crippen LogP contribution < -0.4 is 5.73 Å². The number of hydrogen-bond acceptors (Lipinski definition) is 1. The molecule has 1 rings (SSSR count). The number of nitrogens with two attached hydrogens (primary N) is 1. The van der Waals surface area contributed by atoms with Crippen LogP contribution in [0.15, 0.2) is 59.9 Å². The predicted molar refractivity (Wildman–Crippen MR) is 62.7 cm³/mol. The van der Waals surface area contributed by atoms with E-state index in [2.05, 4.69) is 24.8 Å². The average Bonchev–Trinajstić information content (AvgIpc) is 2.21. The third-order valence-corrected chi connectivity index (χ3v) is 2.22. The standard InChI is InChI=1S/C13H17N/c1-3-5-8-11(4-2)12-9-6-7-10-13(12)14/h3-5,8-10H,1,6-7,14H2,2H3/b8-5-,11-4+. The van der Waals surface area contributed by atoms with Crippen molar-refractivity contribution in [2.75, 3.05) is 0 Å². The molecule has 0 aromatic heterocycles. The molecule has 1 nitrogen and oxygen atoms in total. The minimum atomic E-state index is 0.887. The molecule has 0 radical (unpaired) electrons.